The van der Waals surface area contributed by atoms with Gasteiger partial charge in [-0.05, 0) is 21.8 Å². The Morgan fingerprint density at radius 2 is 2.00 bits per heavy atom. The van der Waals surface area contributed by atoms with Crippen molar-refractivity contribution in [1.82, 2.24) is 9.97 Å². The Hall–Kier alpha value is -0.0900. The minimum atomic E-state index is 0.585. The van der Waals surface area contributed by atoms with Crippen molar-refractivity contribution in [3.8, 4) is 0 Å². The summed E-state index contributed by atoms with van der Waals surface area (Å²) in [7, 11) is 0. The molecule has 0 saturated heterocycles. The van der Waals surface area contributed by atoms with Crippen LogP contribution >= 0.6 is 27.7 Å². The summed E-state index contributed by atoms with van der Waals surface area (Å²) in [6.45, 7) is 6.65. The highest BCUT2D eigenvalue weighted by Crippen LogP contribution is 2.26. The van der Waals surface area contributed by atoms with Crippen LogP contribution < -0.4 is 0 Å². The molecule has 1 heterocycles. The molecular formula is C9H13BrN2S. The summed E-state index contributed by atoms with van der Waals surface area (Å²) in [6.07, 6.45) is 1.58. The number of rotatable bonds is 3. The summed E-state index contributed by atoms with van der Waals surface area (Å²) in [4.78, 5) is 8.17. The molecule has 0 aromatic carbocycles. The van der Waals surface area contributed by atoms with Crippen LogP contribution in [0.1, 0.15) is 20.8 Å². The molecule has 1 unspecified atom stereocenters. The molecule has 1 rings (SSSR count). The van der Waals surface area contributed by atoms with Crippen LogP contribution in [0.25, 0.3) is 0 Å². The topological polar surface area (TPSA) is 25.8 Å². The second kappa shape index (κ2) is 4.96. The van der Waals surface area contributed by atoms with E-state index in [1.165, 1.54) is 0 Å². The lowest BCUT2D eigenvalue weighted by Crippen LogP contribution is -2.05. The Kier molecular flexibility index (Phi) is 4.19. The van der Waals surface area contributed by atoms with Gasteiger partial charge in [0.15, 0.2) is 0 Å². The first-order valence-electron chi connectivity index (χ1n) is 4.24. The molecule has 1 aromatic rings. The number of thioether (sulfide) groups is 1. The molecule has 0 aliphatic carbocycles. The summed E-state index contributed by atoms with van der Waals surface area (Å²) in [5, 5.41) is 1.62. The van der Waals surface area contributed by atoms with E-state index in [9.17, 15) is 0 Å². The van der Waals surface area contributed by atoms with Gasteiger partial charge in [-0.15, -0.1) is 11.8 Å². The highest BCUT2D eigenvalue weighted by atomic mass is 79.9. The van der Waals surface area contributed by atoms with E-state index in [0.29, 0.717) is 11.2 Å². The van der Waals surface area contributed by atoms with E-state index >= 15 is 0 Å². The van der Waals surface area contributed by atoms with Crippen molar-refractivity contribution < 1.29 is 0 Å². The summed E-state index contributed by atoms with van der Waals surface area (Å²) in [5.41, 5.74) is 0. The van der Waals surface area contributed by atoms with Crippen LogP contribution in [0.3, 0.4) is 0 Å². The van der Waals surface area contributed by atoms with E-state index in [2.05, 4.69) is 46.7 Å². The maximum Gasteiger partial charge on any atom is 0.118 e. The van der Waals surface area contributed by atoms with Gasteiger partial charge in [-0.25, -0.2) is 9.97 Å². The van der Waals surface area contributed by atoms with E-state index < -0.39 is 0 Å². The minimum absolute atomic E-state index is 0.585. The van der Waals surface area contributed by atoms with Crippen molar-refractivity contribution in [2.45, 2.75) is 31.0 Å². The lowest BCUT2D eigenvalue weighted by molar-refractivity contribution is 0.641. The average Bonchev–Trinajstić information content (AvgIpc) is 2.04. The Bertz CT molecular complexity index is 278. The van der Waals surface area contributed by atoms with Crippen LogP contribution in [0.2, 0.25) is 0 Å². The van der Waals surface area contributed by atoms with E-state index in [1.807, 2.05) is 6.07 Å². The van der Waals surface area contributed by atoms with Crippen molar-refractivity contribution >= 4 is 27.7 Å². The van der Waals surface area contributed by atoms with Crippen LogP contribution in [0.15, 0.2) is 22.0 Å². The van der Waals surface area contributed by atoms with Gasteiger partial charge in [0.05, 0.1) is 0 Å². The molecule has 72 valence electrons. The summed E-state index contributed by atoms with van der Waals surface area (Å²) >= 11 is 5.11. The van der Waals surface area contributed by atoms with Crippen LogP contribution in [0, 0.1) is 5.92 Å². The molecule has 0 aliphatic heterocycles. The fraction of sp³-hybridized carbons (Fsp3) is 0.556. The summed E-state index contributed by atoms with van der Waals surface area (Å²) in [5.74, 6) is 0.666. The molecule has 1 aromatic heterocycles. The maximum atomic E-state index is 4.18. The molecule has 0 aliphatic rings. The second-order valence-electron chi connectivity index (χ2n) is 3.25. The van der Waals surface area contributed by atoms with Crippen molar-refractivity contribution in [1.29, 1.82) is 0 Å². The first-order chi connectivity index (χ1) is 6.09. The molecule has 0 N–H and O–H groups in total. The van der Waals surface area contributed by atoms with Crippen LogP contribution in [0.5, 0.6) is 0 Å². The Morgan fingerprint density at radius 3 is 2.54 bits per heavy atom. The lowest BCUT2D eigenvalue weighted by Gasteiger charge is -2.13. The van der Waals surface area contributed by atoms with Gasteiger partial charge in [0.25, 0.3) is 0 Å². The van der Waals surface area contributed by atoms with Crippen molar-refractivity contribution in [2.75, 3.05) is 0 Å². The van der Waals surface area contributed by atoms with Crippen molar-refractivity contribution in [2.24, 2.45) is 5.92 Å². The molecule has 0 spiro atoms. The molecule has 2 nitrogen and oxygen atoms in total. The minimum Gasteiger partial charge on any atom is -0.230 e. The van der Waals surface area contributed by atoms with Gasteiger partial charge in [-0.1, -0.05) is 20.8 Å². The fourth-order valence-corrected chi connectivity index (χ4v) is 2.11. The van der Waals surface area contributed by atoms with Crippen LogP contribution in [-0.4, -0.2) is 15.2 Å². The molecule has 0 fully saturated rings. The van der Waals surface area contributed by atoms with E-state index in [-0.39, 0.29) is 0 Å². The molecule has 0 saturated carbocycles. The first-order valence-corrected chi connectivity index (χ1v) is 5.91. The van der Waals surface area contributed by atoms with Crippen LogP contribution in [0.4, 0.5) is 0 Å². The van der Waals surface area contributed by atoms with Gasteiger partial charge in [0, 0.05) is 11.3 Å². The van der Waals surface area contributed by atoms with Gasteiger partial charge in [0.2, 0.25) is 0 Å². The molecule has 0 bridgehead atoms. The first kappa shape index (κ1) is 11.0. The number of hydrogen-bond acceptors (Lipinski definition) is 3. The van der Waals surface area contributed by atoms with Gasteiger partial charge < -0.3 is 0 Å². The molecule has 13 heavy (non-hydrogen) atoms. The third-order valence-corrected chi connectivity index (χ3v) is 3.67. The maximum absolute atomic E-state index is 4.18. The summed E-state index contributed by atoms with van der Waals surface area (Å²) < 4.78 is 0.848. The quantitative estimate of drug-likeness (QED) is 0.616. The third-order valence-electron chi connectivity index (χ3n) is 1.85. The Labute approximate surface area is 91.7 Å². The molecule has 0 radical (unpaired) electrons. The molecular weight excluding hydrogens is 248 g/mol. The number of hydrogen-bond donors (Lipinski definition) is 0. The van der Waals surface area contributed by atoms with E-state index in [0.717, 1.165) is 9.63 Å². The Balaban J connectivity index is 2.64. The van der Waals surface area contributed by atoms with Gasteiger partial charge >= 0.3 is 0 Å². The smallest absolute Gasteiger partial charge is 0.118 e. The SMILES string of the molecule is CC(C)C(C)Sc1cc(Br)ncn1. The number of halogens is 1. The highest BCUT2D eigenvalue weighted by molar-refractivity contribution is 9.10. The second-order valence-corrected chi connectivity index (χ2v) is 5.46. The average molecular weight is 261 g/mol. The van der Waals surface area contributed by atoms with E-state index in [1.54, 1.807) is 18.1 Å². The number of nitrogens with zero attached hydrogens (tertiary/aromatic N) is 2. The molecule has 0 amide bonds. The predicted octanol–water partition coefficient (Wildman–Crippen LogP) is 3.38. The zero-order valence-corrected chi connectivity index (χ0v) is 10.4. The molecule has 1 atom stereocenters. The zero-order valence-electron chi connectivity index (χ0n) is 7.99. The standard InChI is InChI=1S/C9H13BrN2S/c1-6(2)7(3)13-9-4-8(10)11-5-12-9/h4-7H,1-3H3. The molecule has 4 heteroatoms. The zero-order chi connectivity index (χ0) is 9.84. The highest BCUT2D eigenvalue weighted by Gasteiger charge is 2.09. The predicted molar refractivity (Wildman–Crippen MR) is 59.9 cm³/mol. The van der Waals surface area contributed by atoms with Gasteiger partial charge in [-0.2, -0.15) is 0 Å². The van der Waals surface area contributed by atoms with Gasteiger partial charge in [0.1, 0.15) is 16.0 Å². The lowest BCUT2D eigenvalue weighted by atomic mass is 10.2. The number of aromatic nitrogens is 2. The largest absolute Gasteiger partial charge is 0.230 e. The Morgan fingerprint density at radius 1 is 1.31 bits per heavy atom. The van der Waals surface area contributed by atoms with Gasteiger partial charge in [-0.3, -0.25) is 0 Å². The van der Waals surface area contributed by atoms with Crippen LogP contribution in [-0.2, 0) is 0 Å². The fourth-order valence-electron chi connectivity index (χ4n) is 0.708. The monoisotopic (exact) mass is 260 g/mol. The van der Waals surface area contributed by atoms with Crippen molar-refractivity contribution in [3.63, 3.8) is 0 Å². The normalized spacial score (nSPS) is 13.3. The van der Waals surface area contributed by atoms with E-state index in [4.69, 9.17) is 0 Å². The van der Waals surface area contributed by atoms with Crippen molar-refractivity contribution in [3.05, 3.63) is 17.0 Å². The summed E-state index contributed by atoms with van der Waals surface area (Å²) in [6, 6.07) is 1.95. The third kappa shape index (κ3) is 3.65.